The average molecular weight is 433 g/mol. The predicted molar refractivity (Wildman–Crippen MR) is 119 cm³/mol. The van der Waals surface area contributed by atoms with Crippen molar-refractivity contribution in [2.24, 2.45) is 5.92 Å². The fourth-order valence-corrected chi connectivity index (χ4v) is 3.82. The second-order valence-corrected chi connectivity index (χ2v) is 8.39. The van der Waals surface area contributed by atoms with Gasteiger partial charge in [-0.3, -0.25) is 9.69 Å². The normalized spacial score (nSPS) is 14.1. The number of nitrogens with zero attached hydrogens (tertiary/aromatic N) is 2. The Balaban J connectivity index is 3.06. The van der Waals surface area contributed by atoms with E-state index >= 15 is 0 Å². The highest BCUT2D eigenvalue weighted by Gasteiger charge is 2.37. The van der Waals surface area contributed by atoms with Crippen molar-refractivity contribution in [3.8, 4) is 17.6 Å². The summed E-state index contributed by atoms with van der Waals surface area (Å²) < 4.78 is 16.0. The maximum atomic E-state index is 12.4. The molecule has 31 heavy (non-hydrogen) atoms. The zero-order valence-electron chi connectivity index (χ0n) is 20.0. The molecule has 1 rings (SSSR count). The summed E-state index contributed by atoms with van der Waals surface area (Å²) in [5.74, 6) is 0.416. The van der Waals surface area contributed by atoms with Gasteiger partial charge in [0.05, 0.1) is 31.8 Å². The van der Waals surface area contributed by atoms with Gasteiger partial charge in [-0.2, -0.15) is 5.26 Å². The maximum Gasteiger partial charge on any atom is 0.331 e. The van der Waals surface area contributed by atoms with Crippen molar-refractivity contribution < 1.29 is 23.8 Å². The summed E-state index contributed by atoms with van der Waals surface area (Å²) in [6, 6.07) is 7.13. The predicted octanol–water partition coefficient (Wildman–Crippen LogP) is 3.74. The third-order valence-corrected chi connectivity index (χ3v) is 5.57. The highest BCUT2D eigenvalue weighted by molar-refractivity contribution is 6.01. The quantitative estimate of drug-likeness (QED) is 0.367. The number of carbonyl (C=O) groups is 2. The van der Waals surface area contributed by atoms with Crippen LogP contribution < -0.4 is 9.47 Å². The molecular formula is C24H36N2O5. The van der Waals surface area contributed by atoms with Crippen LogP contribution in [0.2, 0.25) is 0 Å². The Kier molecular flexibility index (Phi) is 9.99. The molecule has 2 unspecified atom stereocenters. The number of likely N-dealkylation sites (N-methyl/N-ethyl adjacent to an activating group) is 1. The van der Waals surface area contributed by atoms with E-state index in [0.717, 1.165) is 5.56 Å². The van der Waals surface area contributed by atoms with Gasteiger partial charge in [0.1, 0.15) is 0 Å². The molecule has 0 aliphatic heterocycles. The van der Waals surface area contributed by atoms with Gasteiger partial charge in [0.15, 0.2) is 23.3 Å². The molecule has 0 heterocycles. The molecule has 0 radical (unpaired) electrons. The SMILES string of the molecule is COc1ccc(C(C#N)(CCCN(C)C(C(C)=O)C(=O)OC(C)C)C(C)C)cc1OC. The average Bonchev–Trinajstić information content (AvgIpc) is 2.69. The number of esters is 1. The van der Waals surface area contributed by atoms with Crippen LogP contribution in [0.4, 0.5) is 0 Å². The lowest BCUT2D eigenvalue weighted by Gasteiger charge is -2.33. The first kappa shape index (κ1) is 26.4. The van der Waals surface area contributed by atoms with Crippen molar-refractivity contribution in [3.05, 3.63) is 23.8 Å². The first-order chi connectivity index (χ1) is 14.5. The summed E-state index contributed by atoms with van der Waals surface area (Å²) >= 11 is 0. The highest BCUT2D eigenvalue weighted by atomic mass is 16.5. The van der Waals surface area contributed by atoms with E-state index in [2.05, 4.69) is 6.07 Å². The lowest BCUT2D eigenvalue weighted by molar-refractivity contribution is -0.156. The van der Waals surface area contributed by atoms with E-state index in [1.807, 2.05) is 32.0 Å². The Morgan fingerprint density at radius 3 is 2.19 bits per heavy atom. The Bertz CT molecular complexity index is 800. The Hall–Kier alpha value is -2.59. The molecule has 0 aliphatic carbocycles. The molecule has 7 heteroatoms. The standard InChI is InChI=1S/C24H36N2O5/c1-16(2)24(15-25,19-10-11-20(29-7)21(14-19)30-8)12-9-13-26(6)22(18(5)27)23(28)31-17(3)4/h10-11,14,16-17,22H,9,12-13H2,1-8H3. The monoisotopic (exact) mass is 432 g/mol. The van der Waals surface area contributed by atoms with Crippen molar-refractivity contribution in [3.63, 3.8) is 0 Å². The van der Waals surface area contributed by atoms with E-state index < -0.39 is 17.4 Å². The number of benzene rings is 1. The number of Topliss-reactive ketones (excluding diaryl/α,β-unsaturated/α-hetero) is 1. The van der Waals surface area contributed by atoms with E-state index in [9.17, 15) is 14.9 Å². The topological polar surface area (TPSA) is 88.9 Å². The molecule has 0 N–H and O–H groups in total. The van der Waals surface area contributed by atoms with E-state index in [-0.39, 0.29) is 17.8 Å². The summed E-state index contributed by atoms with van der Waals surface area (Å²) in [6.07, 6.45) is 0.889. The largest absolute Gasteiger partial charge is 0.493 e. The molecule has 0 saturated heterocycles. The number of rotatable bonds is 12. The van der Waals surface area contributed by atoms with Crippen LogP contribution in [-0.4, -0.2) is 56.6 Å². The fraction of sp³-hybridized carbons (Fsp3) is 0.625. The highest BCUT2D eigenvalue weighted by Crippen LogP contribution is 2.40. The molecule has 0 bridgehead atoms. The zero-order valence-corrected chi connectivity index (χ0v) is 20.0. The molecule has 0 aromatic heterocycles. The second kappa shape index (κ2) is 11.7. The first-order valence-electron chi connectivity index (χ1n) is 10.6. The summed E-state index contributed by atoms with van der Waals surface area (Å²) in [5, 5.41) is 10.2. The molecule has 0 amide bonds. The Labute approximate surface area is 186 Å². The Morgan fingerprint density at radius 2 is 1.74 bits per heavy atom. The van der Waals surface area contributed by atoms with Gasteiger partial charge in [0.2, 0.25) is 0 Å². The van der Waals surface area contributed by atoms with Crippen LogP contribution in [0.25, 0.3) is 0 Å². The van der Waals surface area contributed by atoms with Gasteiger partial charge in [-0.25, -0.2) is 4.79 Å². The van der Waals surface area contributed by atoms with Crippen LogP contribution >= 0.6 is 0 Å². The molecule has 0 spiro atoms. The molecule has 1 aromatic rings. The number of methoxy groups -OCH3 is 2. The van der Waals surface area contributed by atoms with Crippen molar-refractivity contribution in [1.82, 2.24) is 4.90 Å². The molecular weight excluding hydrogens is 396 g/mol. The van der Waals surface area contributed by atoms with Crippen LogP contribution in [0.5, 0.6) is 11.5 Å². The third-order valence-electron chi connectivity index (χ3n) is 5.57. The summed E-state index contributed by atoms with van der Waals surface area (Å²) in [7, 11) is 4.87. The molecule has 0 saturated carbocycles. The summed E-state index contributed by atoms with van der Waals surface area (Å²) in [4.78, 5) is 26.1. The van der Waals surface area contributed by atoms with Crippen LogP contribution in [0.3, 0.4) is 0 Å². The zero-order chi connectivity index (χ0) is 23.8. The minimum atomic E-state index is -0.945. The van der Waals surface area contributed by atoms with Gasteiger partial charge in [-0.15, -0.1) is 0 Å². The van der Waals surface area contributed by atoms with Gasteiger partial charge in [-0.1, -0.05) is 19.9 Å². The minimum absolute atomic E-state index is 0.0374. The lowest BCUT2D eigenvalue weighted by atomic mass is 9.69. The van der Waals surface area contributed by atoms with Crippen molar-refractivity contribution in [2.45, 2.75) is 65.0 Å². The summed E-state index contributed by atoms with van der Waals surface area (Å²) in [5.41, 5.74) is 0.109. The van der Waals surface area contributed by atoms with Gasteiger partial charge in [-0.05, 0) is 70.8 Å². The summed E-state index contributed by atoms with van der Waals surface area (Å²) in [6.45, 7) is 9.40. The molecule has 0 aliphatic rings. The van der Waals surface area contributed by atoms with E-state index in [0.29, 0.717) is 30.9 Å². The maximum absolute atomic E-state index is 12.4. The molecule has 2 atom stereocenters. The number of hydrogen-bond donors (Lipinski definition) is 0. The Morgan fingerprint density at radius 1 is 1.13 bits per heavy atom. The molecule has 7 nitrogen and oxygen atoms in total. The van der Waals surface area contributed by atoms with Crippen LogP contribution in [0.1, 0.15) is 53.0 Å². The first-order valence-corrected chi connectivity index (χ1v) is 10.6. The second-order valence-electron chi connectivity index (χ2n) is 8.39. The van der Waals surface area contributed by atoms with Gasteiger partial charge >= 0.3 is 5.97 Å². The van der Waals surface area contributed by atoms with Crippen LogP contribution in [0.15, 0.2) is 18.2 Å². The van der Waals surface area contributed by atoms with E-state index in [1.165, 1.54) is 6.92 Å². The number of nitriles is 1. The van der Waals surface area contributed by atoms with Crippen molar-refractivity contribution in [1.29, 1.82) is 5.26 Å². The van der Waals surface area contributed by atoms with Gasteiger partial charge in [0, 0.05) is 0 Å². The lowest BCUT2D eigenvalue weighted by Crippen LogP contribution is -2.46. The minimum Gasteiger partial charge on any atom is -0.493 e. The van der Waals surface area contributed by atoms with Crippen molar-refractivity contribution >= 4 is 11.8 Å². The number of carbonyl (C=O) groups excluding carboxylic acids is 2. The number of ether oxygens (including phenoxy) is 3. The van der Waals surface area contributed by atoms with Gasteiger partial charge in [0.25, 0.3) is 0 Å². The molecule has 0 fully saturated rings. The number of ketones is 1. The third kappa shape index (κ3) is 6.44. The van der Waals surface area contributed by atoms with Crippen molar-refractivity contribution in [2.75, 3.05) is 27.8 Å². The van der Waals surface area contributed by atoms with Gasteiger partial charge < -0.3 is 14.2 Å². The van der Waals surface area contributed by atoms with Crippen LogP contribution in [0, 0.1) is 17.2 Å². The number of hydrogen-bond acceptors (Lipinski definition) is 7. The van der Waals surface area contributed by atoms with Crippen LogP contribution in [-0.2, 0) is 19.7 Å². The van der Waals surface area contributed by atoms with E-state index in [1.54, 1.807) is 40.0 Å². The van der Waals surface area contributed by atoms with E-state index in [4.69, 9.17) is 14.2 Å². The fourth-order valence-electron chi connectivity index (χ4n) is 3.82. The molecule has 1 aromatic carbocycles. The molecule has 172 valence electrons. The smallest absolute Gasteiger partial charge is 0.331 e.